The van der Waals surface area contributed by atoms with E-state index in [0.29, 0.717) is 5.56 Å². The van der Waals surface area contributed by atoms with Crippen LogP contribution in [0.1, 0.15) is 10.5 Å². The van der Waals surface area contributed by atoms with Crippen molar-refractivity contribution in [3.63, 3.8) is 0 Å². The van der Waals surface area contributed by atoms with Gasteiger partial charge in [0.15, 0.2) is 11.5 Å². The van der Waals surface area contributed by atoms with Crippen LogP contribution in [-0.4, -0.2) is 30.8 Å². The first-order chi connectivity index (χ1) is 7.58. The molecule has 2 aromatic heterocycles. The second kappa shape index (κ2) is 3.90. The smallest absolute Gasteiger partial charge is 0.356 e. The zero-order valence-electron chi connectivity index (χ0n) is 8.25. The Morgan fingerprint density at radius 3 is 2.81 bits per heavy atom. The molecule has 0 radical (unpaired) electrons. The number of carboxylic acid groups (broad SMARTS) is 1. The van der Waals surface area contributed by atoms with E-state index in [1.807, 2.05) is 0 Å². The zero-order valence-corrected chi connectivity index (χ0v) is 9.01. The third-order valence-electron chi connectivity index (χ3n) is 1.91. The average Bonchev–Trinajstić information content (AvgIpc) is 2.65. The Morgan fingerprint density at radius 2 is 2.25 bits per heavy atom. The van der Waals surface area contributed by atoms with Gasteiger partial charge in [0.05, 0.1) is 23.0 Å². The molecule has 0 fully saturated rings. The summed E-state index contributed by atoms with van der Waals surface area (Å²) in [6.45, 7) is 0. The predicted octanol–water partition coefficient (Wildman–Crippen LogP) is 1.23. The van der Waals surface area contributed by atoms with E-state index >= 15 is 0 Å². The highest BCUT2D eigenvalue weighted by molar-refractivity contribution is 6.33. The lowest BCUT2D eigenvalue weighted by Crippen LogP contribution is -2.03. The van der Waals surface area contributed by atoms with Crippen LogP contribution in [0.3, 0.4) is 0 Å². The van der Waals surface area contributed by atoms with Crippen molar-refractivity contribution in [1.82, 2.24) is 19.7 Å². The van der Waals surface area contributed by atoms with Gasteiger partial charge in [-0.25, -0.2) is 14.8 Å². The molecule has 0 aromatic carbocycles. The van der Waals surface area contributed by atoms with E-state index in [2.05, 4.69) is 15.1 Å². The van der Waals surface area contributed by atoms with E-state index in [0.717, 1.165) is 0 Å². The molecule has 0 saturated heterocycles. The molecule has 82 valence electrons. The first-order valence-corrected chi connectivity index (χ1v) is 4.70. The van der Waals surface area contributed by atoms with Gasteiger partial charge in [-0.15, -0.1) is 0 Å². The molecule has 2 aromatic rings. The lowest BCUT2D eigenvalue weighted by Gasteiger charge is -1.99. The minimum Gasteiger partial charge on any atom is -0.476 e. The van der Waals surface area contributed by atoms with Crippen molar-refractivity contribution >= 4 is 17.6 Å². The monoisotopic (exact) mass is 238 g/mol. The summed E-state index contributed by atoms with van der Waals surface area (Å²) in [6, 6.07) is 0. The molecule has 16 heavy (non-hydrogen) atoms. The number of nitrogens with zero attached hydrogens (tertiary/aromatic N) is 4. The van der Waals surface area contributed by atoms with E-state index in [4.69, 9.17) is 16.7 Å². The van der Waals surface area contributed by atoms with Crippen LogP contribution in [0.15, 0.2) is 18.6 Å². The standard InChI is InChI=1S/C9H7ClN4O2/c1-14-4-5(2-12-14)8-11-3-6(10)7(13-8)9(15)16/h2-4H,1H3,(H,15,16). The molecule has 0 aliphatic rings. The topological polar surface area (TPSA) is 80.9 Å². The van der Waals surface area contributed by atoms with E-state index in [1.54, 1.807) is 24.1 Å². The largest absolute Gasteiger partial charge is 0.476 e. The van der Waals surface area contributed by atoms with Crippen molar-refractivity contribution in [2.24, 2.45) is 7.05 Å². The molecule has 0 aliphatic heterocycles. The minimum absolute atomic E-state index is 0.0140. The number of aryl methyl sites for hydroxylation is 1. The Morgan fingerprint density at radius 1 is 1.50 bits per heavy atom. The molecular weight excluding hydrogens is 232 g/mol. The highest BCUT2D eigenvalue weighted by atomic mass is 35.5. The molecule has 1 N–H and O–H groups in total. The van der Waals surface area contributed by atoms with Crippen molar-refractivity contribution in [2.45, 2.75) is 0 Å². The van der Waals surface area contributed by atoms with Crippen molar-refractivity contribution in [3.8, 4) is 11.4 Å². The number of hydrogen-bond donors (Lipinski definition) is 1. The highest BCUT2D eigenvalue weighted by Crippen LogP contribution is 2.18. The fourth-order valence-corrected chi connectivity index (χ4v) is 1.36. The Hall–Kier alpha value is -1.95. The Labute approximate surface area is 95.5 Å². The predicted molar refractivity (Wildman–Crippen MR) is 56.2 cm³/mol. The molecule has 0 bridgehead atoms. The minimum atomic E-state index is -1.18. The summed E-state index contributed by atoms with van der Waals surface area (Å²) < 4.78 is 1.58. The Bertz CT molecular complexity index is 552. The molecule has 0 spiro atoms. The summed E-state index contributed by atoms with van der Waals surface area (Å²) in [5.41, 5.74) is 0.428. The van der Waals surface area contributed by atoms with Gasteiger partial charge >= 0.3 is 5.97 Å². The van der Waals surface area contributed by atoms with Gasteiger partial charge in [0.25, 0.3) is 0 Å². The van der Waals surface area contributed by atoms with Gasteiger partial charge in [0.2, 0.25) is 0 Å². The number of carboxylic acids is 1. The van der Waals surface area contributed by atoms with Gasteiger partial charge in [-0.3, -0.25) is 4.68 Å². The highest BCUT2D eigenvalue weighted by Gasteiger charge is 2.13. The number of halogens is 1. The Balaban J connectivity index is 2.51. The fraction of sp³-hybridized carbons (Fsp3) is 0.111. The molecule has 0 amide bonds. The van der Waals surface area contributed by atoms with E-state index < -0.39 is 5.97 Å². The molecule has 0 unspecified atom stereocenters. The van der Waals surface area contributed by atoms with Crippen molar-refractivity contribution in [3.05, 3.63) is 29.3 Å². The SMILES string of the molecule is Cn1cc(-c2ncc(Cl)c(C(=O)O)n2)cn1. The third-order valence-corrected chi connectivity index (χ3v) is 2.19. The third kappa shape index (κ3) is 1.87. The van der Waals surface area contributed by atoms with Gasteiger partial charge in [-0.1, -0.05) is 11.6 Å². The van der Waals surface area contributed by atoms with Gasteiger partial charge in [0, 0.05) is 13.2 Å². The van der Waals surface area contributed by atoms with Gasteiger partial charge < -0.3 is 5.11 Å². The van der Waals surface area contributed by atoms with Crippen LogP contribution >= 0.6 is 11.6 Å². The Kier molecular flexibility index (Phi) is 2.57. The van der Waals surface area contributed by atoms with Gasteiger partial charge in [-0.05, 0) is 0 Å². The van der Waals surface area contributed by atoms with Crippen LogP contribution in [-0.2, 0) is 7.05 Å². The summed E-state index contributed by atoms with van der Waals surface area (Å²) in [5, 5.41) is 12.8. The quantitative estimate of drug-likeness (QED) is 0.851. The van der Waals surface area contributed by atoms with Crippen LogP contribution in [0.2, 0.25) is 5.02 Å². The lowest BCUT2D eigenvalue weighted by atomic mass is 10.3. The van der Waals surface area contributed by atoms with Gasteiger partial charge in [-0.2, -0.15) is 5.10 Å². The fourth-order valence-electron chi connectivity index (χ4n) is 1.19. The molecule has 0 atom stereocenters. The maximum Gasteiger partial charge on any atom is 0.356 e. The first kappa shape index (κ1) is 10.6. The summed E-state index contributed by atoms with van der Waals surface area (Å²) in [6.07, 6.45) is 4.50. The molecule has 0 aliphatic carbocycles. The van der Waals surface area contributed by atoms with Crippen LogP contribution in [0.25, 0.3) is 11.4 Å². The molecule has 2 heterocycles. The van der Waals surface area contributed by atoms with Crippen molar-refractivity contribution < 1.29 is 9.90 Å². The van der Waals surface area contributed by atoms with Gasteiger partial charge in [0.1, 0.15) is 0 Å². The lowest BCUT2D eigenvalue weighted by molar-refractivity contribution is 0.0690. The molecule has 2 rings (SSSR count). The molecular formula is C9H7ClN4O2. The van der Waals surface area contributed by atoms with Crippen molar-refractivity contribution in [2.75, 3.05) is 0 Å². The number of hydrogen-bond acceptors (Lipinski definition) is 4. The van der Waals surface area contributed by atoms with Crippen LogP contribution in [0.5, 0.6) is 0 Å². The van der Waals surface area contributed by atoms with E-state index in [9.17, 15) is 4.79 Å². The second-order valence-electron chi connectivity index (χ2n) is 3.10. The van der Waals surface area contributed by atoms with E-state index in [1.165, 1.54) is 6.20 Å². The average molecular weight is 239 g/mol. The summed E-state index contributed by atoms with van der Waals surface area (Å²) in [5.74, 6) is -0.896. The maximum absolute atomic E-state index is 10.8. The zero-order chi connectivity index (χ0) is 11.7. The van der Waals surface area contributed by atoms with E-state index in [-0.39, 0.29) is 16.5 Å². The number of aromatic nitrogens is 4. The summed E-state index contributed by atoms with van der Waals surface area (Å²) in [4.78, 5) is 18.6. The second-order valence-corrected chi connectivity index (χ2v) is 3.51. The normalized spacial score (nSPS) is 10.4. The summed E-state index contributed by atoms with van der Waals surface area (Å²) in [7, 11) is 1.75. The molecule has 7 heteroatoms. The maximum atomic E-state index is 10.8. The number of rotatable bonds is 2. The van der Waals surface area contributed by atoms with Crippen LogP contribution in [0.4, 0.5) is 0 Å². The molecule has 0 saturated carbocycles. The van der Waals surface area contributed by atoms with Crippen molar-refractivity contribution in [1.29, 1.82) is 0 Å². The van der Waals surface area contributed by atoms with Crippen LogP contribution in [0, 0.1) is 0 Å². The number of aromatic carboxylic acids is 1. The number of carbonyl (C=O) groups is 1. The first-order valence-electron chi connectivity index (χ1n) is 4.33. The van der Waals surface area contributed by atoms with Crippen LogP contribution < -0.4 is 0 Å². The molecule has 6 nitrogen and oxygen atoms in total. The summed E-state index contributed by atoms with van der Waals surface area (Å²) >= 11 is 5.66.